The van der Waals surface area contributed by atoms with Gasteiger partial charge in [-0.1, -0.05) is 12.1 Å². The Hall–Kier alpha value is -2.04. The molecule has 0 aliphatic carbocycles. The zero-order valence-corrected chi connectivity index (χ0v) is 10.1. The molecule has 0 aliphatic rings. The van der Waals surface area contributed by atoms with Gasteiger partial charge in [-0.3, -0.25) is 0 Å². The smallest absolute Gasteiger partial charge is 0.164 e. The Bertz CT molecular complexity index is 598. The fourth-order valence-corrected chi connectivity index (χ4v) is 1.77. The highest BCUT2D eigenvalue weighted by atomic mass is 19.2. The first-order valence-corrected chi connectivity index (χ1v) is 5.64. The van der Waals surface area contributed by atoms with Gasteiger partial charge >= 0.3 is 0 Å². The molecule has 0 heterocycles. The Morgan fingerprint density at radius 1 is 0.947 bits per heavy atom. The Balaban J connectivity index is 2.28. The van der Waals surface area contributed by atoms with E-state index in [1.54, 1.807) is 0 Å². The minimum atomic E-state index is -1.00. The van der Waals surface area contributed by atoms with E-state index in [-0.39, 0.29) is 11.3 Å². The first-order chi connectivity index (χ1) is 8.99. The van der Waals surface area contributed by atoms with Crippen molar-refractivity contribution in [2.24, 2.45) is 0 Å². The van der Waals surface area contributed by atoms with Crippen LogP contribution in [-0.2, 0) is 0 Å². The van der Waals surface area contributed by atoms with Crippen molar-refractivity contribution in [2.45, 2.75) is 13.0 Å². The van der Waals surface area contributed by atoms with E-state index >= 15 is 0 Å². The average Bonchev–Trinajstić information content (AvgIpc) is 2.37. The standard InChI is InChI=1S/C14H11F4N/c1-8(10-3-2-4-12(17)14(10)18)19-13-7-9(15)5-6-11(13)16/h2-8,19H,1H3. The molecule has 1 N–H and O–H groups in total. The number of halogens is 4. The molecule has 0 aliphatic heterocycles. The Morgan fingerprint density at radius 3 is 2.42 bits per heavy atom. The van der Waals surface area contributed by atoms with Crippen LogP contribution in [0.4, 0.5) is 23.2 Å². The molecule has 0 bridgehead atoms. The largest absolute Gasteiger partial charge is 0.376 e. The molecule has 0 spiro atoms. The van der Waals surface area contributed by atoms with Gasteiger partial charge in [-0.2, -0.15) is 0 Å². The summed E-state index contributed by atoms with van der Waals surface area (Å²) in [6.45, 7) is 1.53. The molecule has 2 rings (SSSR count). The van der Waals surface area contributed by atoms with Gasteiger partial charge in [0.25, 0.3) is 0 Å². The maximum absolute atomic E-state index is 13.6. The van der Waals surface area contributed by atoms with E-state index in [9.17, 15) is 17.6 Å². The first kappa shape index (κ1) is 13.4. The van der Waals surface area contributed by atoms with E-state index < -0.39 is 29.3 Å². The van der Waals surface area contributed by atoms with Gasteiger partial charge < -0.3 is 5.32 Å². The minimum Gasteiger partial charge on any atom is -0.376 e. The summed E-state index contributed by atoms with van der Waals surface area (Å²) >= 11 is 0. The van der Waals surface area contributed by atoms with Crippen LogP contribution in [0.25, 0.3) is 0 Å². The molecule has 19 heavy (non-hydrogen) atoms. The Labute approximate surface area is 107 Å². The SMILES string of the molecule is CC(Nc1cc(F)ccc1F)c1cccc(F)c1F. The maximum atomic E-state index is 13.6. The predicted molar refractivity (Wildman–Crippen MR) is 64.8 cm³/mol. The molecule has 2 aromatic carbocycles. The van der Waals surface area contributed by atoms with Crippen LogP contribution in [0.2, 0.25) is 0 Å². The van der Waals surface area contributed by atoms with Gasteiger partial charge in [-0.15, -0.1) is 0 Å². The van der Waals surface area contributed by atoms with Gasteiger partial charge in [0.05, 0.1) is 11.7 Å². The van der Waals surface area contributed by atoms with Gasteiger partial charge in [0.1, 0.15) is 11.6 Å². The Morgan fingerprint density at radius 2 is 1.68 bits per heavy atom. The monoisotopic (exact) mass is 269 g/mol. The lowest BCUT2D eigenvalue weighted by Gasteiger charge is -2.17. The maximum Gasteiger partial charge on any atom is 0.164 e. The summed E-state index contributed by atoms with van der Waals surface area (Å²) in [6.07, 6.45) is 0. The molecule has 0 saturated heterocycles. The second kappa shape index (κ2) is 5.30. The molecule has 5 heteroatoms. The summed E-state index contributed by atoms with van der Waals surface area (Å²) in [7, 11) is 0. The lowest BCUT2D eigenvalue weighted by Crippen LogP contribution is -2.10. The third kappa shape index (κ3) is 2.86. The topological polar surface area (TPSA) is 12.0 Å². The first-order valence-electron chi connectivity index (χ1n) is 5.64. The summed E-state index contributed by atoms with van der Waals surface area (Å²) in [6, 6.07) is 5.94. The lowest BCUT2D eigenvalue weighted by molar-refractivity contribution is 0.494. The van der Waals surface area contributed by atoms with Crippen LogP contribution in [0.3, 0.4) is 0 Å². The Kier molecular flexibility index (Phi) is 3.74. The summed E-state index contributed by atoms with van der Waals surface area (Å²) in [5.41, 5.74) is -0.0557. The van der Waals surface area contributed by atoms with E-state index in [2.05, 4.69) is 5.32 Å². The van der Waals surface area contributed by atoms with Crippen molar-refractivity contribution in [1.82, 2.24) is 0 Å². The van der Waals surface area contributed by atoms with Gasteiger partial charge in [0.2, 0.25) is 0 Å². The summed E-state index contributed by atoms with van der Waals surface area (Å²) < 4.78 is 53.1. The van der Waals surface area contributed by atoms with Crippen LogP contribution >= 0.6 is 0 Å². The summed E-state index contributed by atoms with van der Waals surface area (Å²) in [4.78, 5) is 0. The van der Waals surface area contributed by atoms with E-state index in [4.69, 9.17) is 0 Å². The van der Waals surface area contributed by atoms with Gasteiger partial charge in [0.15, 0.2) is 11.6 Å². The van der Waals surface area contributed by atoms with E-state index in [1.165, 1.54) is 19.1 Å². The molecule has 1 atom stereocenters. The number of hydrogen-bond acceptors (Lipinski definition) is 1. The molecule has 1 nitrogen and oxygen atoms in total. The highest BCUT2D eigenvalue weighted by Crippen LogP contribution is 2.25. The van der Waals surface area contributed by atoms with Gasteiger partial charge in [-0.05, 0) is 31.2 Å². The number of benzene rings is 2. The third-order valence-electron chi connectivity index (χ3n) is 2.75. The number of rotatable bonds is 3. The van der Waals surface area contributed by atoms with Crippen LogP contribution in [0.15, 0.2) is 36.4 Å². The normalized spacial score (nSPS) is 12.3. The van der Waals surface area contributed by atoms with Crippen molar-refractivity contribution in [2.75, 3.05) is 5.32 Å². The molecule has 0 amide bonds. The van der Waals surface area contributed by atoms with Crippen molar-refractivity contribution >= 4 is 5.69 Å². The van der Waals surface area contributed by atoms with Crippen molar-refractivity contribution in [3.63, 3.8) is 0 Å². The molecular weight excluding hydrogens is 258 g/mol. The van der Waals surface area contributed by atoms with E-state index in [0.29, 0.717) is 0 Å². The molecule has 0 fully saturated rings. The molecule has 2 aromatic rings. The summed E-state index contributed by atoms with van der Waals surface area (Å²) in [5.74, 6) is -3.26. The fourth-order valence-electron chi connectivity index (χ4n) is 1.77. The number of nitrogens with one attached hydrogen (secondary N) is 1. The fraction of sp³-hybridized carbons (Fsp3) is 0.143. The number of anilines is 1. The minimum absolute atomic E-state index is 0.0451. The molecule has 0 radical (unpaired) electrons. The molecule has 0 aromatic heterocycles. The molecular formula is C14H11F4N. The van der Waals surface area contributed by atoms with Crippen molar-refractivity contribution in [3.05, 3.63) is 65.2 Å². The zero-order chi connectivity index (χ0) is 14.0. The predicted octanol–water partition coefficient (Wildman–Crippen LogP) is 4.42. The van der Waals surface area contributed by atoms with Crippen LogP contribution in [0.5, 0.6) is 0 Å². The highest BCUT2D eigenvalue weighted by molar-refractivity contribution is 5.47. The van der Waals surface area contributed by atoms with Crippen molar-refractivity contribution < 1.29 is 17.6 Å². The van der Waals surface area contributed by atoms with Crippen LogP contribution in [-0.4, -0.2) is 0 Å². The average molecular weight is 269 g/mol. The highest BCUT2D eigenvalue weighted by Gasteiger charge is 2.15. The molecule has 1 unspecified atom stereocenters. The van der Waals surface area contributed by atoms with Crippen LogP contribution in [0, 0.1) is 23.3 Å². The molecule has 0 saturated carbocycles. The zero-order valence-electron chi connectivity index (χ0n) is 10.1. The van der Waals surface area contributed by atoms with Gasteiger partial charge in [0, 0.05) is 5.56 Å². The third-order valence-corrected chi connectivity index (χ3v) is 2.75. The lowest BCUT2D eigenvalue weighted by atomic mass is 10.1. The van der Waals surface area contributed by atoms with E-state index in [0.717, 1.165) is 24.3 Å². The second-order valence-electron chi connectivity index (χ2n) is 4.13. The quantitative estimate of drug-likeness (QED) is 0.813. The van der Waals surface area contributed by atoms with Crippen molar-refractivity contribution in [3.8, 4) is 0 Å². The van der Waals surface area contributed by atoms with Crippen LogP contribution < -0.4 is 5.32 Å². The number of hydrogen-bond donors (Lipinski definition) is 1. The molecule has 100 valence electrons. The van der Waals surface area contributed by atoms with Crippen LogP contribution in [0.1, 0.15) is 18.5 Å². The van der Waals surface area contributed by atoms with E-state index in [1.807, 2.05) is 0 Å². The summed E-state index contributed by atoms with van der Waals surface area (Å²) in [5, 5.41) is 2.61. The van der Waals surface area contributed by atoms with Gasteiger partial charge in [-0.25, -0.2) is 17.6 Å². The van der Waals surface area contributed by atoms with Crippen molar-refractivity contribution in [1.29, 1.82) is 0 Å². The second-order valence-corrected chi connectivity index (χ2v) is 4.13.